The first-order chi connectivity index (χ1) is 12.5. The minimum absolute atomic E-state index is 0.0406. The Morgan fingerprint density at radius 3 is 2.15 bits per heavy atom. The lowest BCUT2D eigenvalue weighted by atomic mass is 9.49. The summed E-state index contributed by atoms with van der Waals surface area (Å²) >= 11 is 0. The van der Waals surface area contributed by atoms with Gasteiger partial charge in [-0.1, -0.05) is 6.07 Å². The second-order valence-electron chi connectivity index (χ2n) is 8.86. The highest BCUT2D eigenvalue weighted by Crippen LogP contribution is 2.60. The number of methoxy groups -OCH3 is 2. The number of carbonyl (C=O) groups excluding carboxylic acids is 1. The zero-order valence-corrected chi connectivity index (χ0v) is 16.3. The summed E-state index contributed by atoms with van der Waals surface area (Å²) in [5, 5.41) is 0. The molecule has 0 radical (unpaired) electrons. The van der Waals surface area contributed by atoms with Crippen molar-refractivity contribution in [2.24, 2.45) is 23.2 Å². The molecule has 1 aromatic rings. The minimum Gasteiger partial charge on any atom is -0.493 e. The van der Waals surface area contributed by atoms with Gasteiger partial charge in [-0.15, -0.1) is 0 Å². The van der Waals surface area contributed by atoms with Gasteiger partial charge in [0.15, 0.2) is 11.5 Å². The molecule has 26 heavy (non-hydrogen) atoms. The Morgan fingerprint density at radius 2 is 1.62 bits per heavy atom. The molecule has 1 amide bonds. The van der Waals surface area contributed by atoms with Gasteiger partial charge < -0.3 is 14.4 Å². The minimum atomic E-state index is -0.0406. The highest BCUT2D eigenvalue weighted by atomic mass is 16.5. The molecule has 0 aliphatic heterocycles. The average Bonchev–Trinajstić information content (AvgIpc) is 2.64. The molecule has 0 heterocycles. The van der Waals surface area contributed by atoms with E-state index in [9.17, 15) is 4.79 Å². The van der Waals surface area contributed by atoms with Crippen molar-refractivity contribution in [3.05, 3.63) is 23.8 Å². The molecule has 0 spiro atoms. The second-order valence-corrected chi connectivity index (χ2v) is 8.86. The molecule has 4 aliphatic carbocycles. The van der Waals surface area contributed by atoms with Crippen LogP contribution in [0.4, 0.5) is 0 Å². The number of rotatable bonds is 6. The maximum absolute atomic E-state index is 13.3. The van der Waals surface area contributed by atoms with Crippen LogP contribution in [-0.2, 0) is 11.2 Å². The fourth-order valence-corrected chi connectivity index (χ4v) is 6.21. The van der Waals surface area contributed by atoms with Crippen molar-refractivity contribution in [1.82, 2.24) is 4.90 Å². The largest absolute Gasteiger partial charge is 0.493 e. The van der Waals surface area contributed by atoms with Crippen molar-refractivity contribution in [2.45, 2.75) is 44.9 Å². The zero-order valence-electron chi connectivity index (χ0n) is 16.3. The molecule has 0 N–H and O–H groups in total. The van der Waals surface area contributed by atoms with Gasteiger partial charge in [-0.05, 0) is 80.4 Å². The fourth-order valence-electron chi connectivity index (χ4n) is 6.21. The van der Waals surface area contributed by atoms with Crippen LogP contribution in [0.3, 0.4) is 0 Å². The fraction of sp³-hybridized carbons (Fsp3) is 0.682. The van der Waals surface area contributed by atoms with Crippen LogP contribution in [-0.4, -0.2) is 38.6 Å². The van der Waals surface area contributed by atoms with Crippen LogP contribution < -0.4 is 9.47 Å². The summed E-state index contributed by atoms with van der Waals surface area (Å²) in [5.41, 5.74) is 1.13. The van der Waals surface area contributed by atoms with Gasteiger partial charge in [-0.3, -0.25) is 4.79 Å². The summed E-state index contributed by atoms with van der Waals surface area (Å²) in [6.45, 7) is 0.760. The number of hydrogen-bond donors (Lipinski definition) is 0. The highest BCUT2D eigenvalue weighted by Gasteiger charge is 2.55. The third-order valence-electron chi connectivity index (χ3n) is 7.02. The van der Waals surface area contributed by atoms with Gasteiger partial charge in [0.25, 0.3) is 0 Å². The molecule has 4 fully saturated rings. The van der Waals surface area contributed by atoms with Gasteiger partial charge in [0.2, 0.25) is 5.91 Å². The predicted octanol–water partition coefficient (Wildman–Crippen LogP) is 3.92. The summed E-state index contributed by atoms with van der Waals surface area (Å²) in [7, 11) is 5.29. The molecule has 0 atom stereocenters. The molecule has 1 aromatic carbocycles. The summed E-state index contributed by atoms with van der Waals surface area (Å²) in [5.74, 6) is 4.32. The number of amides is 1. The Bertz CT molecular complexity index is 649. The van der Waals surface area contributed by atoms with Crippen molar-refractivity contribution in [3.8, 4) is 11.5 Å². The smallest absolute Gasteiger partial charge is 0.228 e. The van der Waals surface area contributed by atoms with Crippen molar-refractivity contribution < 1.29 is 14.3 Å². The molecule has 5 rings (SSSR count). The van der Waals surface area contributed by atoms with E-state index in [1.54, 1.807) is 14.2 Å². The molecule has 0 aromatic heterocycles. The number of benzene rings is 1. The molecule has 0 unspecified atom stereocenters. The van der Waals surface area contributed by atoms with Gasteiger partial charge in [-0.2, -0.15) is 0 Å². The lowest BCUT2D eigenvalue weighted by molar-refractivity contribution is -0.156. The van der Waals surface area contributed by atoms with E-state index < -0.39 is 0 Å². The molecule has 4 bridgehead atoms. The van der Waals surface area contributed by atoms with Gasteiger partial charge >= 0.3 is 0 Å². The SMILES string of the molecule is COc1ccc(CCN(C)C(=O)C23CC4CC(CC(C4)C2)C3)cc1OC. The molecule has 4 heteroatoms. The number of carbonyl (C=O) groups is 1. The molecule has 0 saturated heterocycles. The topological polar surface area (TPSA) is 38.8 Å². The monoisotopic (exact) mass is 357 g/mol. The molecular formula is C22H31NO3. The Morgan fingerprint density at radius 1 is 1.04 bits per heavy atom. The summed E-state index contributed by atoms with van der Waals surface area (Å²) < 4.78 is 10.7. The van der Waals surface area contributed by atoms with Gasteiger partial charge in [0, 0.05) is 13.6 Å². The van der Waals surface area contributed by atoms with Crippen LogP contribution in [0.25, 0.3) is 0 Å². The molecule has 142 valence electrons. The van der Waals surface area contributed by atoms with E-state index in [1.165, 1.54) is 24.8 Å². The maximum Gasteiger partial charge on any atom is 0.228 e. The van der Waals surface area contributed by atoms with Crippen LogP contribution >= 0.6 is 0 Å². The predicted molar refractivity (Wildman–Crippen MR) is 101 cm³/mol. The van der Waals surface area contributed by atoms with Crippen molar-refractivity contribution in [1.29, 1.82) is 0 Å². The number of ether oxygens (including phenoxy) is 2. The van der Waals surface area contributed by atoms with E-state index in [4.69, 9.17) is 9.47 Å². The van der Waals surface area contributed by atoms with E-state index in [-0.39, 0.29) is 5.41 Å². The van der Waals surface area contributed by atoms with Gasteiger partial charge in [-0.25, -0.2) is 0 Å². The van der Waals surface area contributed by atoms with Crippen molar-refractivity contribution in [2.75, 3.05) is 27.8 Å². The molecular weight excluding hydrogens is 326 g/mol. The second kappa shape index (κ2) is 6.79. The van der Waals surface area contributed by atoms with Crippen LogP contribution in [0.1, 0.15) is 44.1 Å². The van der Waals surface area contributed by atoms with E-state index in [2.05, 4.69) is 6.07 Å². The number of likely N-dealkylation sites (N-methyl/N-ethyl adjacent to an activating group) is 1. The van der Waals surface area contributed by atoms with Crippen LogP contribution in [0.2, 0.25) is 0 Å². The van der Waals surface area contributed by atoms with Gasteiger partial charge in [0.1, 0.15) is 0 Å². The Labute approximate surface area is 156 Å². The van der Waals surface area contributed by atoms with Crippen LogP contribution in [0.15, 0.2) is 18.2 Å². The van der Waals surface area contributed by atoms with Crippen molar-refractivity contribution >= 4 is 5.91 Å². The lowest BCUT2D eigenvalue weighted by Crippen LogP contribution is -2.54. The number of hydrogen-bond acceptors (Lipinski definition) is 3. The normalized spacial score (nSPS) is 31.7. The third-order valence-corrected chi connectivity index (χ3v) is 7.02. The quantitative estimate of drug-likeness (QED) is 0.774. The summed E-state index contributed by atoms with van der Waals surface area (Å²) in [6.07, 6.45) is 8.39. The van der Waals surface area contributed by atoms with Gasteiger partial charge in [0.05, 0.1) is 19.6 Å². The lowest BCUT2D eigenvalue weighted by Gasteiger charge is -2.56. The first kappa shape index (κ1) is 17.7. The van der Waals surface area contributed by atoms with Crippen LogP contribution in [0.5, 0.6) is 11.5 Å². The maximum atomic E-state index is 13.3. The van der Waals surface area contributed by atoms with Crippen molar-refractivity contribution in [3.63, 3.8) is 0 Å². The van der Waals surface area contributed by atoms with E-state index in [1.807, 2.05) is 24.1 Å². The van der Waals surface area contributed by atoms with E-state index in [0.717, 1.165) is 61.5 Å². The van der Waals surface area contributed by atoms with E-state index >= 15 is 0 Å². The zero-order chi connectivity index (χ0) is 18.3. The average molecular weight is 357 g/mol. The Kier molecular flexibility index (Phi) is 4.62. The summed E-state index contributed by atoms with van der Waals surface area (Å²) in [4.78, 5) is 15.3. The first-order valence-electron chi connectivity index (χ1n) is 9.99. The molecule has 4 saturated carbocycles. The standard InChI is InChI=1S/C22H31NO3/c1-23(7-6-15-4-5-19(25-2)20(11-15)26-3)21(24)22-12-16-8-17(13-22)10-18(9-16)14-22/h4-5,11,16-18H,6-10,12-14H2,1-3H3. The van der Waals surface area contributed by atoms with E-state index in [0.29, 0.717) is 5.91 Å². The first-order valence-corrected chi connectivity index (χ1v) is 9.99. The Balaban J connectivity index is 1.41. The summed E-state index contributed by atoms with van der Waals surface area (Å²) in [6, 6.07) is 6.02. The highest BCUT2D eigenvalue weighted by molar-refractivity contribution is 5.83. The molecule has 4 aliphatic rings. The third kappa shape index (κ3) is 3.08. The Hall–Kier alpha value is -1.71. The van der Waals surface area contributed by atoms with Crippen LogP contribution in [0, 0.1) is 23.2 Å². The number of nitrogens with zero attached hydrogens (tertiary/aromatic N) is 1. The molecule has 4 nitrogen and oxygen atoms in total.